The summed E-state index contributed by atoms with van der Waals surface area (Å²) < 4.78 is 0.830. The molecule has 1 aliphatic rings. The number of benzene rings is 1. The summed E-state index contributed by atoms with van der Waals surface area (Å²) in [5.74, 6) is -2.35. The Balaban J connectivity index is 1.92. The van der Waals surface area contributed by atoms with Crippen LogP contribution in [0.3, 0.4) is 0 Å². The zero-order chi connectivity index (χ0) is 14.0. The van der Waals surface area contributed by atoms with E-state index in [2.05, 4.69) is 26.8 Å². The lowest BCUT2D eigenvalue weighted by Crippen LogP contribution is -2.47. The zero-order valence-corrected chi connectivity index (χ0v) is 11.4. The summed E-state index contributed by atoms with van der Waals surface area (Å²) in [6, 6.07) is 6.54. The number of hydrazine groups is 1. The van der Waals surface area contributed by atoms with Crippen LogP contribution in [0.4, 0.5) is 0 Å². The summed E-state index contributed by atoms with van der Waals surface area (Å²) in [5.41, 5.74) is 3.35. The number of nitrogens with one attached hydrogen (secondary N) is 2. The molecule has 1 aliphatic carbocycles. The standard InChI is InChI=1S/C12H11BrN2O4/c13-8-3-1-7(2-4-8)9(16)14-15-10(17)12(5-6-12)11(18)19/h1-4H,5-6H2,(H,14,16)(H,15,17)(H,18,19). The molecule has 2 amide bonds. The maximum atomic E-state index is 11.7. The van der Waals surface area contributed by atoms with Gasteiger partial charge in [0.15, 0.2) is 0 Å². The minimum atomic E-state index is -1.37. The molecule has 0 aliphatic heterocycles. The summed E-state index contributed by atoms with van der Waals surface area (Å²) in [5, 5.41) is 8.91. The maximum absolute atomic E-state index is 11.7. The fraction of sp³-hybridized carbons (Fsp3) is 0.250. The highest BCUT2D eigenvalue weighted by atomic mass is 79.9. The Morgan fingerprint density at radius 1 is 1.11 bits per heavy atom. The van der Waals surface area contributed by atoms with E-state index in [4.69, 9.17) is 5.11 Å². The molecule has 1 fully saturated rings. The molecule has 0 unspecified atom stereocenters. The van der Waals surface area contributed by atoms with E-state index in [-0.39, 0.29) is 0 Å². The predicted octanol–water partition coefficient (Wildman–Crippen LogP) is 1.07. The highest BCUT2D eigenvalue weighted by Crippen LogP contribution is 2.45. The van der Waals surface area contributed by atoms with E-state index in [1.54, 1.807) is 24.3 Å². The van der Waals surface area contributed by atoms with Crippen LogP contribution in [0.5, 0.6) is 0 Å². The lowest BCUT2D eigenvalue weighted by molar-refractivity contribution is -0.149. The average molecular weight is 327 g/mol. The van der Waals surface area contributed by atoms with Crippen molar-refractivity contribution in [2.75, 3.05) is 0 Å². The zero-order valence-electron chi connectivity index (χ0n) is 9.77. The Bertz CT molecular complexity index is 537. The molecule has 1 saturated carbocycles. The molecule has 0 bridgehead atoms. The van der Waals surface area contributed by atoms with Gasteiger partial charge in [-0.3, -0.25) is 25.2 Å². The number of hydrogen-bond donors (Lipinski definition) is 3. The number of carbonyl (C=O) groups is 3. The van der Waals surface area contributed by atoms with E-state index in [9.17, 15) is 14.4 Å². The van der Waals surface area contributed by atoms with Crippen molar-refractivity contribution in [2.45, 2.75) is 12.8 Å². The quantitative estimate of drug-likeness (QED) is 0.572. The van der Waals surface area contributed by atoms with Crippen molar-refractivity contribution in [1.29, 1.82) is 0 Å². The van der Waals surface area contributed by atoms with Gasteiger partial charge >= 0.3 is 5.97 Å². The maximum Gasteiger partial charge on any atom is 0.319 e. The van der Waals surface area contributed by atoms with Crippen molar-refractivity contribution in [3.8, 4) is 0 Å². The molecule has 19 heavy (non-hydrogen) atoms. The van der Waals surface area contributed by atoms with E-state index in [1.165, 1.54) is 0 Å². The summed E-state index contributed by atoms with van der Waals surface area (Å²) in [6.07, 6.45) is 0.588. The number of carbonyl (C=O) groups excluding carboxylic acids is 2. The third-order valence-corrected chi connectivity index (χ3v) is 3.52. The SMILES string of the molecule is O=C(NNC(=O)C1(C(=O)O)CC1)c1ccc(Br)cc1. The van der Waals surface area contributed by atoms with E-state index in [1.807, 2.05) is 0 Å². The van der Waals surface area contributed by atoms with Crippen LogP contribution in [0.2, 0.25) is 0 Å². The van der Waals surface area contributed by atoms with Crippen LogP contribution in [0.25, 0.3) is 0 Å². The fourth-order valence-corrected chi connectivity index (χ4v) is 1.83. The number of amides is 2. The van der Waals surface area contributed by atoms with Crippen molar-refractivity contribution in [3.63, 3.8) is 0 Å². The highest BCUT2D eigenvalue weighted by molar-refractivity contribution is 9.10. The number of aliphatic carboxylic acids is 1. The summed E-state index contributed by atoms with van der Waals surface area (Å²) in [6.45, 7) is 0. The predicted molar refractivity (Wildman–Crippen MR) is 69.1 cm³/mol. The Kier molecular flexibility index (Phi) is 3.57. The van der Waals surface area contributed by atoms with Crippen LogP contribution in [0, 0.1) is 5.41 Å². The van der Waals surface area contributed by atoms with Crippen LogP contribution in [-0.4, -0.2) is 22.9 Å². The van der Waals surface area contributed by atoms with Gasteiger partial charge in [-0.1, -0.05) is 15.9 Å². The Morgan fingerprint density at radius 2 is 1.68 bits per heavy atom. The van der Waals surface area contributed by atoms with E-state index in [0.717, 1.165) is 4.47 Å². The van der Waals surface area contributed by atoms with Gasteiger partial charge in [-0.25, -0.2) is 0 Å². The molecule has 0 spiro atoms. The molecule has 1 aromatic carbocycles. The molecule has 7 heteroatoms. The molecule has 0 atom stereocenters. The number of hydrogen-bond acceptors (Lipinski definition) is 3. The van der Waals surface area contributed by atoms with Crippen LogP contribution < -0.4 is 10.9 Å². The average Bonchev–Trinajstić information content (AvgIpc) is 3.17. The molecular weight excluding hydrogens is 316 g/mol. The third-order valence-electron chi connectivity index (χ3n) is 2.99. The van der Waals surface area contributed by atoms with Crippen molar-refractivity contribution in [1.82, 2.24) is 10.9 Å². The monoisotopic (exact) mass is 326 g/mol. The van der Waals surface area contributed by atoms with Crippen molar-refractivity contribution in [3.05, 3.63) is 34.3 Å². The molecule has 0 radical (unpaired) electrons. The topological polar surface area (TPSA) is 95.5 Å². The second kappa shape index (κ2) is 5.00. The van der Waals surface area contributed by atoms with Crippen LogP contribution in [0.15, 0.2) is 28.7 Å². The molecule has 0 aromatic heterocycles. The van der Waals surface area contributed by atoms with Gasteiger partial charge in [0.25, 0.3) is 11.8 Å². The molecule has 100 valence electrons. The molecular formula is C12H11BrN2O4. The summed E-state index contributed by atoms with van der Waals surface area (Å²) in [7, 11) is 0. The van der Waals surface area contributed by atoms with Crippen molar-refractivity contribution >= 4 is 33.7 Å². The first-order chi connectivity index (χ1) is 8.95. The van der Waals surface area contributed by atoms with Gasteiger partial charge in [-0.15, -0.1) is 0 Å². The lowest BCUT2D eigenvalue weighted by Gasteiger charge is -2.11. The van der Waals surface area contributed by atoms with Gasteiger partial charge in [0, 0.05) is 10.0 Å². The Morgan fingerprint density at radius 3 is 2.16 bits per heavy atom. The smallest absolute Gasteiger partial charge is 0.319 e. The number of carboxylic acid groups (broad SMARTS) is 1. The first-order valence-electron chi connectivity index (χ1n) is 5.55. The minimum Gasteiger partial charge on any atom is -0.480 e. The molecule has 6 nitrogen and oxygen atoms in total. The summed E-state index contributed by atoms with van der Waals surface area (Å²) in [4.78, 5) is 34.2. The van der Waals surface area contributed by atoms with E-state index in [0.29, 0.717) is 18.4 Å². The van der Waals surface area contributed by atoms with Gasteiger partial charge in [0.05, 0.1) is 0 Å². The number of halogens is 1. The van der Waals surface area contributed by atoms with Gasteiger partial charge < -0.3 is 5.11 Å². The van der Waals surface area contributed by atoms with Crippen LogP contribution >= 0.6 is 15.9 Å². The molecule has 0 saturated heterocycles. The number of carboxylic acids is 1. The molecule has 1 aromatic rings. The van der Waals surface area contributed by atoms with Gasteiger partial charge in [0.1, 0.15) is 5.41 Å². The normalized spacial score (nSPS) is 15.4. The first-order valence-corrected chi connectivity index (χ1v) is 6.35. The fourth-order valence-electron chi connectivity index (χ4n) is 1.57. The van der Waals surface area contributed by atoms with Crippen LogP contribution in [-0.2, 0) is 9.59 Å². The van der Waals surface area contributed by atoms with Crippen molar-refractivity contribution in [2.24, 2.45) is 5.41 Å². The largest absolute Gasteiger partial charge is 0.480 e. The first kappa shape index (κ1) is 13.5. The van der Waals surface area contributed by atoms with Crippen LogP contribution in [0.1, 0.15) is 23.2 Å². The second-order valence-corrected chi connectivity index (χ2v) is 5.22. The number of rotatable bonds is 3. The van der Waals surface area contributed by atoms with Gasteiger partial charge in [-0.05, 0) is 37.1 Å². The molecule has 0 heterocycles. The Hall–Kier alpha value is -1.89. The van der Waals surface area contributed by atoms with E-state index >= 15 is 0 Å². The molecule has 3 N–H and O–H groups in total. The van der Waals surface area contributed by atoms with E-state index < -0.39 is 23.2 Å². The molecule has 2 rings (SSSR count). The summed E-state index contributed by atoms with van der Waals surface area (Å²) >= 11 is 3.24. The highest BCUT2D eigenvalue weighted by Gasteiger charge is 2.57. The van der Waals surface area contributed by atoms with Crippen molar-refractivity contribution < 1.29 is 19.5 Å². The Labute approximate surface area is 117 Å². The third kappa shape index (κ3) is 2.76. The van der Waals surface area contributed by atoms with Gasteiger partial charge in [-0.2, -0.15) is 0 Å². The lowest BCUT2D eigenvalue weighted by atomic mass is 10.1. The second-order valence-electron chi connectivity index (χ2n) is 4.30. The minimum absolute atomic E-state index is 0.294. The van der Waals surface area contributed by atoms with Gasteiger partial charge in [0.2, 0.25) is 0 Å².